The van der Waals surface area contributed by atoms with Gasteiger partial charge in [-0.15, -0.1) is 5.10 Å². The van der Waals surface area contributed by atoms with E-state index in [0.29, 0.717) is 11.9 Å². The molecule has 2 aromatic heterocycles. The SMILES string of the molecule is CNc1ccc(C[C@H]2CCCN(Cc3cnc(NC)nc3)C2)nn1. The molecule has 0 radical (unpaired) electrons. The summed E-state index contributed by atoms with van der Waals surface area (Å²) in [6, 6.07) is 4.06. The molecule has 0 aromatic carbocycles. The van der Waals surface area contributed by atoms with Crippen LogP contribution in [0.3, 0.4) is 0 Å². The van der Waals surface area contributed by atoms with E-state index >= 15 is 0 Å². The lowest BCUT2D eigenvalue weighted by Gasteiger charge is -2.32. The summed E-state index contributed by atoms with van der Waals surface area (Å²) >= 11 is 0. The maximum Gasteiger partial charge on any atom is 0.222 e. The van der Waals surface area contributed by atoms with Gasteiger partial charge in [0.2, 0.25) is 5.95 Å². The Morgan fingerprint density at radius 2 is 1.96 bits per heavy atom. The first-order valence-electron chi connectivity index (χ1n) is 8.48. The van der Waals surface area contributed by atoms with Gasteiger partial charge >= 0.3 is 0 Å². The van der Waals surface area contributed by atoms with Crippen LogP contribution in [0.25, 0.3) is 0 Å². The highest BCUT2D eigenvalue weighted by atomic mass is 15.2. The third kappa shape index (κ3) is 4.38. The quantitative estimate of drug-likeness (QED) is 0.837. The van der Waals surface area contributed by atoms with E-state index in [9.17, 15) is 0 Å². The molecule has 0 amide bonds. The first-order chi connectivity index (χ1) is 11.8. The number of hydrogen-bond donors (Lipinski definition) is 2. The molecular formula is C17H25N7. The summed E-state index contributed by atoms with van der Waals surface area (Å²) in [7, 11) is 3.69. The Balaban J connectivity index is 1.54. The second-order valence-electron chi connectivity index (χ2n) is 6.27. The summed E-state index contributed by atoms with van der Waals surface area (Å²) in [4.78, 5) is 11.1. The molecule has 0 saturated carbocycles. The number of rotatable bonds is 6. The van der Waals surface area contributed by atoms with Crippen LogP contribution in [-0.4, -0.2) is 52.3 Å². The van der Waals surface area contributed by atoms with Crippen LogP contribution >= 0.6 is 0 Å². The topological polar surface area (TPSA) is 78.9 Å². The van der Waals surface area contributed by atoms with Gasteiger partial charge < -0.3 is 10.6 Å². The van der Waals surface area contributed by atoms with Crippen molar-refractivity contribution in [1.82, 2.24) is 25.1 Å². The minimum absolute atomic E-state index is 0.631. The van der Waals surface area contributed by atoms with E-state index in [1.165, 1.54) is 12.8 Å². The van der Waals surface area contributed by atoms with E-state index in [1.807, 2.05) is 32.6 Å². The molecule has 128 valence electrons. The van der Waals surface area contributed by atoms with Crippen molar-refractivity contribution in [2.75, 3.05) is 37.8 Å². The van der Waals surface area contributed by atoms with Crippen LogP contribution in [0.4, 0.5) is 11.8 Å². The number of anilines is 2. The Morgan fingerprint density at radius 1 is 1.12 bits per heavy atom. The van der Waals surface area contributed by atoms with Crippen LogP contribution in [0, 0.1) is 5.92 Å². The first kappa shape index (κ1) is 16.6. The summed E-state index contributed by atoms with van der Waals surface area (Å²) in [6.45, 7) is 3.13. The summed E-state index contributed by atoms with van der Waals surface area (Å²) in [5.41, 5.74) is 2.23. The van der Waals surface area contributed by atoms with Gasteiger partial charge in [0.15, 0.2) is 0 Å². The number of hydrogen-bond acceptors (Lipinski definition) is 7. The lowest BCUT2D eigenvalue weighted by Crippen LogP contribution is -2.35. The van der Waals surface area contributed by atoms with Crippen molar-refractivity contribution in [2.24, 2.45) is 5.92 Å². The van der Waals surface area contributed by atoms with Gasteiger partial charge in [0.25, 0.3) is 0 Å². The third-order valence-corrected chi connectivity index (χ3v) is 4.41. The van der Waals surface area contributed by atoms with E-state index in [4.69, 9.17) is 0 Å². The van der Waals surface area contributed by atoms with Crippen molar-refractivity contribution in [2.45, 2.75) is 25.8 Å². The zero-order valence-corrected chi connectivity index (χ0v) is 14.4. The summed E-state index contributed by atoms with van der Waals surface area (Å²) in [5.74, 6) is 2.11. The van der Waals surface area contributed by atoms with Crippen LogP contribution < -0.4 is 10.6 Å². The molecular weight excluding hydrogens is 302 g/mol. The molecule has 1 atom stereocenters. The highest BCUT2D eigenvalue weighted by Crippen LogP contribution is 2.21. The number of nitrogens with zero attached hydrogens (tertiary/aromatic N) is 5. The van der Waals surface area contributed by atoms with Crippen molar-refractivity contribution in [3.63, 3.8) is 0 Å². The van der Waals surface area contributed by atoms with Crippen molar-refractivity contribution in [1.29, 1.82) is 0 Å². The highest BCUT2D eigenvalue weighted by molar-refractivity contribution is 5.31. The normalized spacial score (nSPS) is 18.3. The molecule has 1 aliphatic heterocycles. The van der Waals surface area contributed by atoms with Crippen LogP contribution in [-0.2, 0) is 13.0 Å². The van der Waals surface area contributed by atoms with Gasteiger partial charge in [0.1, 0.15) is 5.82 Å². The van der Waals surface area contributed by atoms with Gasteiger partial charge in [0, 0.05) is 45.1 Å². The molecule has 0 spiro atoms. The lowest BCUT2D eigenvalue weighted by atomic mass is 9.93. The number of nitrogens with one attached hydrogen (secondary N) is 2. The summed E-state index contributed by atoms with van der Waals surface area (Å²) in [6.07, 6.45) is 7.28. The van der Waals surface area contributed by atoms with Crippen molar-refractivity contribution in [3.05, 3.63) is 35.8 Å². The maximum absolute atomic E-state index is 4.31. The number of piperidine rings is 1. The molecule has 24 heavy (non-hydrogen) atoms. The standard InChI is InChI=1S/C17H25N7/c1-18-16-6-5-15(22-23-16)8-13-4-3-7-24(11-13)12-14-9-20-17(19-2)21-10-14/h5-6,9-10,13H,3-4,7-8,11-12H2,1-2H3,(H,18,23)(H,19,20,21)/t13-/m1/s1. The van der Waals surface area contributed by atoms with Crippen molar-refractivity contribution < 1.29 is 0 Å². The smallest absolute Gasteiger partial charge is 0.222 e. The second kappa shape index (κ2) is 8.01. The van der Waals surface area contributed by atoms with Gasteiger partial charge in [-0.1, -0.05) is 0 Å². The molecule has 3 rings (SSSR count). The molecule has 1 saturated heterocycles. The Bertz CT molecular complexity index is 571. The Labute approximate surface area is 142 Å². The Morgan fingerprint density at radius 3 is 2.62 bits per heavy atom. The molecule has 1 fully saturated rings. The van der Waals surface area contributed by atoms with Gasteiger partial charge in [-0.3, -0.25) is 4.90 Å². The molecule has 0 unspecified atom stereocenters. The fraction of sp³-hybridized carbons (Fsp3) is 0.529. The molecule has 3 heterocycles. The fourth-order valence-electron chi connectivity index (χ4n) is 3.18. The lowest BCUT2D eigenvalue weighted by molar-refractivity contribution is 0.166. The zero-order chi connectivity index (χ0) is 16.8. The molecule has 0 bridgehead atoms. The van der Waals surface area contributed by atoms with E-state index in [1.54, 1.807) is 0 Å². The van der Waals surface area contributed by atoms with Crippen molar-refractivity contribution in [3.8, 4) is 0 Å². The van der Waals surface area contributed by atoms with Gasteiger partial charge in [-0.2, -0.15) is 5.10 Å². The fourth-order valence-corrected chi connectivity index (χ4v) is 3.18. The van der Waals surface area contributed by atoms with Crippen LogP contribution in [0.2, 0.25) is 0 Å². The van der Waals surface area contributed by atoms with Gasteiger partial charge in [-0.05, 0) is 43.9 Å². The maximum atomic E-state index is 4.31. The van der Waals surface area contributed by atoms with Crippen LogP contribution in [0.1, 0.15) is 24.1 Å². The molecule has 2 aromatic rings. The Hall–Kier alpha value is -2.28. The molecule has 7 heteroatoms. The molecule has 1 aliphatic rings. The monoisotopic (exact) mass is 327 g/mol. The summed E-state index contributed by atoms with van der Waals surface area (Å²) < 4.78 is 0. The minimum Gasteiger partial charge on any atom is -0.372 e. The number of likely N-dealkylation sites (tertiary alicyclic amines) is 1. The molecule has 0 aliphatic carbocycles. The third-order valence-electron chi connectivity index (χ3n) is 4.41. The van der Waals surface area contributed by atoms with E-state index in [0.717, 1.165) is 43.1 Å². The van der Waals surface area contributed by atoms with Crippen LogP contribution in [0.15, 0.2) is 24.5 Å². The first-order valence-corrected chi connectivity index (χ1v) is 8.48. The Kier molecular flexibility index (Phi) is 5.53. The van der Waals surface area contributed by atoms with E-state index in [-0.39, 0.29) is 0 Å². The van der Waals surface area contributed by atoms with E-state index < -0.39 is 0 Å². The van der Waals surface area contributed by atoms with Crippen LogP contribution in [0.5, 0.6) is 0 Å². The highest BCUT2D eigenvalue weighted by Gasteiger charge is 2.21. The molecule has 2 N–H and O–H groups in total. The second-order valence-corrected chi connectivity index (χ2v) is 6.27. The van der Waals surface area contributed by atoms with Crippen molar-refractivity contribution >= 4 is 11.8 Å². The van der Waals surface area contributed by atoms with Gasteiger partial charge in [0.05, 0.1) is 5.69 Å². The van der Waals surface area contributed by atoms with Gasteiger partial charge in [-0.25, -0.2) is 9.97 Å². The molecule has 7 nitrogen and oxygen atoms in total. The average Bonchev–Trinajstić information content (AvgIpc) is 2.63. The summed E-state index contributed by atoms with van der Waals surface area (Å²) in [5, 5.41) is 14.4. The predicted octanol–water partition coefficient (Wildman–Crippen LogP) is 1.80. The largest absolute Gasteiger partial charge is 0.372 e. The number of aromatic nitrogens is 4. The van der Waals surface area contributed by atoms with E-state index in [2.05, 4.69) is 41.8 Å². The zero-order valence-electron chi connectivity index (χ0n) is 14.4. The minimum atomic E-state index is 0.631. The average molecular weight is 327 g/mol. The predicted molar refractivity (Wildman–Crippen MR) is 94.9 cm³/mol.